The van der Waals surface area contributed by atoms with Gasteiger partial charge < -0.3 is 25.4 Å². The zero-order valence-corrected chi connectivity index (χ0v) is 14.5. The predicted octanol–water partition coefficient (Wildman–Crippen LogP) is -0.0435. The van der Waals surface area contributed by atoms with Gasteiger partial charge in [-0.3, -0.25) is 14.4 Å². The fourth-order valence-electron chi connectivity index (χ4n) is 3.18. The van der Waals surface area contributed by atoms with E-state index in [9.17, 15) is 9.59 Å². The number of aromatic nitrogens is 1. The van der Waals surface area contributed by atoms with Crippen molar-refractivity contribution < 1.29 is 24.2 Å². The van der Waals surface area contributed by atoms with Crippen molar-refractivity contribution >= 4 is 24.1 Å². The molecular weight excluding hydrogens is 340 g/mol. The summed E-state index contributed by atoms with van der Waals surface area (Å²) in [5.74, 6) is 0.310. The second kappa shape index (κ2) is 9.71. The summed E-state index contributed by atoms with van der Waals surface area (Å²) in [7, 11) is 0. The summed E-state index contributed by atoms with van der Waals surface area (Å²) in [6.45, 7) is 3.71. The van der Waals surface area contributed by atoms with Gasteiger partial charge in [0.1, 0.15) is 5.82 Å². The van der Waals surface area contributed by atoms with E-state index in [1.165, 1.54) is 0 Å². The first-order valence-corrected chi connectivity index (χ1v) is 8.52. The topological polar surface area (TPSA) is 126 Å². The van der Waals surface area contributed by atoms with Crippen LogP contribution in [0.15, 0.2) is 18.3 Å². The van der Waals surface area contributed by atoms with Crippen LogP contribution in [0.2, 0.25) is 0 Å². The molecule has 1 aromatic heterocycles. The SMILES string of the molecule is NC(=O)c1cccnc1N1CCCN(C(=O)C2CCOC2)CC1.O=CO. The molecule has 0 saturated carbocycles. The van der Waals surface area contributed by atoms with Gasteiger partial charge in [-0.1, -0.05) is 0 Å². The number of ether oxygens (including phenoxy) is 1. The number of carboxylic acid groups (broad SMARTS) is 1. The van der Waals surface area contributed by atoms with Gasteiger partial charge >= 0.3 is 0 Å². The molecule has 1 atom stereocenters. The minimum atomic E-state index is -0.478. The third-order valence-corrected chi connectivity index (χ3v) is 4.44. The van der Waals surface area contributed by atoms with Gasteiger partial charge in [-0.2, -0.15) is 0 Å². The third kappa shape index (κ3) is 4.92. The Bertz CT molecular complexity index is 633. The van der Waals surface area contributed by atoms with E-state index < -0.39 is 5.91 Å². The second-order valence-electron chi connectivity index (χ2n) is 6.07. The van der Waals surface area contributed by atoms with E-state index in [0.29, 0.717) is 37.7 Å². The van der Waals surface area contributed by atoms with Gasteiger partial charge in [0.2, 0.25) is 5.91 Å². The number of nitrogens with zero attached hydrogens (tertiary/aromatic N) is 3. The van der Waals surface area contributed by atoms with Crippen LogP contribution in [0.25, 0.3) is 0 Å². The van der Waals surface area contributed by atoms with Gasteiger partial charge in [-0.05, 0) is 25.0 Å². The van der Waals surface area contributed by atoms with Gasteiger partial charge in [0.05, 0.1) is 18.1 Å². The van der Waals surface area contributed by atoms with Crippen molar-refractivity contribution in [3.05, 3.63) is 23.9 Å². The smallest absolute Gasteiger partial charge is 0.290 e. The fraction of sp³-hybridized carbons (Fsp3) is 0.529. The molecule has 0 aromatic carbocycles. The van der Waals surface area contributed by atoms with Crippen molar-refractivity contribution in [1.29, 1.82) is 0 Å². The Morgan fingerprint density at radius 2 is 2.08 bits per heavy atom. The first-order chi connectivity index (χ1) is 12.6. The maximum atomic E-state index is 12.5. The number of pyridine rings is 1. The van der Waals surface area contributed by atoms with Crippen LogP contribution in [0.5, 0.6) is 0 Å². The molecule has 0 bridgehead atoms. The van der Waals surface area contributed by atoms with E-state index >= 15 is 0 Å². The average molecular weight is 364 g/mol. The highest BCUT2D eigenvalue weighted by Gasteiger charge is 2.29. The minimum absolute atomic E-state index is 0.00224. The highest BCUT2D eigenvalue weighted by atomic mass is 16.5. The van der Waals surface area contributed by atoms with Gasteiger partial charge in [0, 0.05) is 39.0 Å². The Hall–Kier alpha value is -2.68. The van der Waals surface area contributed by atoms with Crippen LogP contribution >= 0.6 is 0 Å². The zero-order chi connectivity index (χ0) is 18.9. The van der Waals surface area contributed by atoms with Crippen molar-refractivity contribution in [1.82, 2.24) is 9.88 Å². The first kappa shape index (κ1) is 19.6. The Labute approximate surface area is 151 Å². The molecule has 0 aliphatic carbocycles. The summed E-state index contributed by atoms with van der Waals surface area (Å²) in [6, 6.07) is 3.39. The van der Waals surface area contributed by atoms with E-state index in [0.717, 1.165) is 25.9 Å². The summed E-state index contributed by atoms with van der Waals surface area (Å²) >= 11 is 0. The van der Waals surface area contributed by atoms with E-state index in [4.69, 9.17) is 20.4 Å². The van der Waals surface area contributed by atoms with Gasteiger partial charge in [0.15, 0.2) is 0 Å². The molecule has 3 rings (SSSR count). The van der Waals surface area contributed by atoms with Crippen molar-refractivity contribution in [2.75, 3.05) is 44.3 Å². The quantitative estimate of drug-likeness (QED) is 0.721. The highest BCUT2D eigenvalue weighted by Crippen LogP contribution is 2.21. The maximum Gasteiger partial charge on any atom is 0.290 e. The summed E-state index contributed by atoms with van der Waals surface area (Å²) in [6.07, 6.45) is 3.31. The lowest BCUT2D eigenvalue weighted by Gasteiger charge is -2.25. The largest absolute Gasteiger partial charge is 0.483 e. The molecule has 2 aliphatic rings. The molecule has 2 aliphatic heterocycles. The molecule has 1 aromatic rings. The Morgan fingerprint density at radius 1 is 1.31 bits per heavy atom. The standard InChI is InChI=1S/C16H22N4O3.CH2O2/c17-14(21)13-3-1-5-18-15(13)19-6-2-7-20(9-8-19)16(22)12-4-10-23-11-12;2-1-3/h1,3,5,12H,2,4,6-11H2,(H2,17,21);1H,(H,2,3). The Morgan fingerprint density at radius 3 is 2.73 bits per heavy atom. The lowest BCUT2D eigenvalue weighted by molar-refractivity contribution is -0.135. The number of carbonyl (C=O) groups excluding carboxylic acids is 2. The number of rotatable bonds is 3. The Balaban J connectivity index is 0.000000758. The monoisotopic (exact) mass is 364 g/mol. The molecule has 26 heavy (non-hydrogen) atoms. The fourth-order valence-corrected chi connectivity index (χ4v) is 3.18. The van der Waals surface area contributed by atoms with Crippen LogP contribution in [0.1, 0.15) is 23.2 Å². The lowest BCUT2D eigenvalue weighted by Crippen LogP contribution is -2.39. The molecule has 142 valence electrons. The van der Waals surface area contributed by atoms with E-state index in [1.54, 1.807) is 18.3 Å². The average Bonchev–Trinajstić information content (AvgIpc) is 3.06. The molecule has 9 heteroatoms. The molecule has 9 nitrogen and oxygen atoms in total. The van der Waals surface area contributed by atoms with Crippen LogP contribution in [0, 0.1) is 5.92 Å². The van der Waals surface area contributed by atoms with Crippen molar-refractivity contribution in [3.63, 3.8) is 0 Å². The van der Waals surface area contributed by atoms with Gasteiger partial charge in [-0.25, -0.2) is 4.98 Å². The number of hydrogen-bond acceptors (Lipinski definition) is 6. The minimum Gasteiger partial charge on any atom is -0.483 e. The third-order valence-electron chi connectivity index (χ3n) is 4.44. The summed E-state index contributed by atoms with van der Waals surface area (Å²) < 4.78 is 5.31. The summed E-state index contributed by atoms with van der Waals surface area (Å²) in [5.41, 5.74) is 5.86. The molecule has 2 saturated heterocycles. The molecule has 0 spiro atoms. The van der Waals surface area contributed by atoms with E-state index in [1.807, 2.05) is 9.80 Å². The van der Waals surface area contributed by atoms with Gasteiger partial charge in [-0.15, -0.1) is 0 Å². The number of amides is 2. The Kier molecular flexibility index (Phi) is 7.34. The van der Waals surface area contributed by atoms with E-state index in [-0.39, 0.29) is 18.3 Å². The zero-order valence-electron chi connectivity index (χ0n) is 14.5. The van der Waals surface area contributed by atoms with Crippen molar-refractivity contribution in [2.45, 2.75) is 12.8 Å². The van der Waals surface area contributed by atoms with Crippen LogP contribution in [-0.4, -0.2) is 72.7 Å². The second-order valence-corrected chi connectivity index (χ2v) is 6.07. The van der Waals surface area contributed by atoms with Crippen LogP contribution in [0.4, 0.5) is 5.82 Å². The molecule has 3 N–H and O–H groups in total. The lowest BCUT2D eigenvalue weighted by atomic mass is 10.1. The molecule has 3 heterocycles. The number of carbonyl (C=O) groups is 3. The molecular formula is C17H24N4O5. The van der Waals surface area contributed by atoms with Crippen LogP contribution < -0.4 is 10.6 Å². The molecule has 2 amide bonds. The number of hydrogen-bond donors (Lipinski definition) is 2. The number of primary amides is 1. The number of anilines is 1. The van der Waals surface area contributed by atoms with E-state index in [2.05, 4.69) is 4.98 Å². The molecule has 1 unspecified atom stereocenters. The molecule has 2 fully saturated rings. The molecule has 0 radical (unpaired) electrons. The van der Waals surface area contributed by atoms with Crippen molar-refractivity contribution in [2.24, 2.45) is 11.7 Å². The summed E-state index contributed by atoms with van der Waals surface area (Å²) in [4.78, 5) is 40.7. The predicted molar refractivity (Wildman–Crippen MR) is 93.8 cm³/mol. The van der Waals surface area contributed by atoms with Crippen molar-refractivity contribution in [3.8, 4) is 0 Å². The number of nitrogens with two attached hydrogens (primary N) is 1. The first-order valence-electron chi connectivity index (χ1n) is 8.52. The van der Waals surface area contributed by atoms with Crippen LogP contribution in [-0.2, 0) is 14.3 Å². The summed E-state index contributed by atoms with van der Waals surface area (Å²) in [5, 5.41) is 6.89. The normalized spacial score (nSPS) is 19.9. The van der Waals surface area contributed by atoms with Crippen LogP contribution in [0.3, 0.4) is 0 Å². The van der Waals surface area contributed by atoms with Gasteiger partial charge in [0.25, 0.3) is 12.4 Å². The highest BCUT2D eigenvalue weighted by molar-refractivity contribution is 5.97. The maximum absolute atomic E-state index is 12.5.